The van der Waals surface area contributed by atoms with E-state index >= 15 is 0 Å². The minimum absolute atomic E-state index is 0.251. The topological polar surface area (TPSA) is 109 Å². The molecule has 98 valence electrons. The zero-order valence-corrected chi connectivity index (χ0v) is 10.3. The highest BCUT2D eigenvalue weighted by Gasteiger charge is 2.09. The number of hydrogen-bond donors (Lipinski definition) is 2. The highest BCUT2D eigenvalue weighted by Crippen LogP contribution is 2.24. The van der Waals surface area contributed by atoms with Gasteiger partial charge in [0.25, 0.3) is 0 Å². The monoisotopic (exact) mass is 259 g/mol. The van der Waals surface area contributed by atoms with Crippen molar-refractivity contribution in [2.75, 3.05) is 18.6 Å². The number of nitrogen functional groups attached to an aromatic ring is 2. The molecule has 0 radical (unpaired) electrons. The Morgan fingerprint density at radius 1 is 1.16 bits per heavy atom. The summed E-state index contributed by atoms with van der Waals surface area (Å²) < 4.78 is 5.61. The van der Waals surface area contributed by atoms with Crippen molar-refractivity contribution in [2.45, 2.75) is 0 Å². The molecule has 4 N–H and O–H groups in total. The predicted molar refractivity (Wildman–Crippen MR) is 72.0 cm³/mol. The van der Waals surface area contributed by atoms with Crippen molar-refractivity contribution in [3.8, 4) is 11.6 Å². The molecule has 0 aliphatic rings. The molecule has 0 atom stereocenters. The maximum atomic E-state index is 5.74. The summed E-state index contributed by atoms with van der Waals surface area (Å²) in [6, 6.07) is 6.90. The van der Waals surface area contributed by atoms with Crippen LogP contribution in [0.25, 0.3) is 0 Å². The Labute approximate surface area is 109 Å². The number of nitrogens with two attached hydrogens (primary N) is 2. The Morgan fingerprint density at radius 2 is 1.89 bits per heavy atom. The lowest BCUT2D eigenvalue weighted by molar-refractivity contribution is 0.215. The largest absolute Gasteiger partial charge is 0.438 e. The lowest BCUT2D eigenvalue weighted by Crippen LogP contribution is -2.02. The van der Waals surface area contributed by atoms with Gasteiger partial charge in [0.05, 0.1) is 6.21 Å². The van der Waals surface area contributed by atoms with E-state index in [1.54, 1.807) is 24.3 Å². The van der Waals surface area contributed by atoms with Gasteiger partial charge in [0.15, 0.2) is 0 Å². The molecule has 0 saturated carbocycles. The summed E-state index contributed by atoms with van der Waals surface area (Å²) in [5, 5.41) is 3.63. The van der Waals surface area contributed by atoms with Gasteiger partial charge in [-0.3, -0.25) is 0 Å². The summed E-state index contributed by atoms with van der Waals surface area (Å²) in [4.78, 5) is 12.5. The molecule has 0 amide bonds. The Balaban J connectivity index is 2.31. The molecule has 0 spiro atoms. The van der Waals surface area contributed by atoms with Crippen LogP contribution in [0.2, 0.25) is 0 Å². The molecule has 0 saturated heterocycles. The molecule has 19 heavy (non-hydrogen) atoms. The molecule has 2 rings (SSSR count). The van der Waals surface area contributed by atoms with Crippen molar-refractivity contribution in [1.29, 1.82) is 0 Å². The molecule has 0 fully saturated rings. The van der Waals surface area contributed by atoms with Crippen LogP contribution in [0.3, 0.4) is 0 Å². The summed E-state index contributed by atoms with van der Waals surface area (Å²) in [5.41, 5.74) is 12.4. The van der Waals surface area contributed by atoms with Crippen LogP contribution in [0.5, 0.6) is 11.6 Å². The highest BCUT2D eigenvalue weighted by atomic mass is 16.6. The lowest BCUT2D eigenvalue weighted by atomic mass is 10.3. The van der Waals surface area contributed by atoms with E-state index in [0.29, 0.717) is 17.0 Å². The van der Waals surface area contributed by atoms with Crippen LogP contribution >= 0.6 is 0 Å². The second-order valence-corrected chi connectivity index (χ2v) is 3.57. The molecule has 1 heterocycles. The van der Waals surface area contributed by atoms with Crippen LogP contribution in [0, 0.1) is 0 Å². The van der Waals surface area contributed by atoms with Gasteiger partial charge in [0.2, 0.25) is 5.88 Å². The van der Waals surface area contributed by atoms with Crippen molar-refractivity contribution in [3.63, 3.8) is 0 Å². The van der Waals surface area contributed by atoms with Crippen molar-refractivity contribution in [1.82, 2.24) is 9.97 Å². The van der Waals surface area contributed by atoms with E-state index < -0.39 is 0 Å². The van der Waals surface area contributed by atoms with Crippen LogP contribution in [0.15, 0.2) is 35.7 Å². The lowest BCUT2D eigenvalue weighted by Gasteiger charge is -2.08. The maximum Gasteiger partial charge on any atom is 0.233 e. The SMILES string of the molecule is CO/N=C/c1c(N)ncnc1Oc1ccc(N)cc1. The third kappa shape index (κ3) is 3.09. The zero-order valence-electron chi connectivity index (χ0n) is 10.3. The Hall–Kier alpha value is -2.83. The van der Waals surface area contributed by atoms with Crippen molar-refractivity contribution in [2.24, 2.45) is 5.16 Å². The van der Waals surface area contributed by atoms with Crippen molar-refractivity contribution in [3.05, 3.63) is 36.2 Å². The van der Waals surface area contributed by atoms with E-state index in [1.165, 1.54) is 19.7 Å². The summed E-state index contributed by atoms with van der Waals surface area (Å²) >= 11 is 0. The average molecular weight is 259 g/mol. The normalized spacial score (nSPS) is 10.6. The molecule has 0 aliphatic carbocycles. The second-order valence-electron chi connectivity index (χ2n) is 3.57. The van der Waals surface area contributed by atoms with Gasteiger partial charge in [0.1, 0.15) is 30.6 Å². The van der Waals surface area contributed by atoms with E-state index in [-0.39, 0.29) is 11.7 Å². The molecular formula is C12H13N5O2. The third-order valence-corrected chi connectivity index (χ3v) is 2.26. The molecule has 1 aromatic heterocycles. The summed E-state index contributed by atoms with van der Waals surface area (Å²) in [6.07, 6.45) is 2.70. The first-order valence-electron chi connectivity index (χ1n) is 5.41. The number of rotatable bonds is 4. The van der Waals surface area contributed by atoms with Gasteiger partial charge in [-0.05, 0) is 24.3 Å². The fourth-order valence-corrected chi connectivity index (χ4v) is 1.35. The number of oxime groups is 1. The van der Waals surface area contributed by atoms with E-state index in [2.05, 4.69) is 20.0 Å². The van der Waals surface area contributed by atoms with Gasteiger partial charge < -0.3 is 21.0 Å². The quantitative estimate of drug-likeness (QED) is 0.488. The summed E-state index contributed by atoms with van der Waals surface area (Å²) in [6.45, 7) is 0. The third-order valence-electron chi connectivity index (χ3n) is 2.26. The number of nitrogens with zero attached hydrogens (tertiary/aromatic N) is 3. The number of anilines is 2. The zero-order chi connectivity index (χ0) is 13.7. The first kappa shape index (κ1) is 12.6. The first-order valence-corrected chi connectivity index (χ1v) is 5.41. The highest BCUT2D eigenvalue weighted by molar-refractivity contribution is 5.88. The Kier molecular flexibility index (Phi) is 3.77. The van der Waals surface area contributed by atoms with Gasteiger partial charge in [-0.1, -0.05) is 5.16 Å². The van der Waals surface area contributed by atoms with Gasteiger partial charge in [0, 0.05) is 5.69 Å². The molecule has 0 bridgehead atoms. The van der Waals surface area contributed by atoms with Gasteiger partial charge in [-0.25, -0.2) is 9.97 Å². The summed E-state index contributed by atoms with van der Waals surface area (Å²) in [5.74, 6) is 1.12. The van der Waals surface area contributed by atoms with E-state index in [9.17, 15) is 0 Å². The van der Waals surface area contributed by atoms with Crippen LogP contribution in [0.4, 0.5) is 11.5 Å². The fourth-order valence-electron chi connectivity index (χ4n) is 1.35. The standard InChI is InChI=1S/C12H13N5O2/c1-18-17-6-10-11(14)15-7-16-12(10)19-9-4-2-8(13)3-5-9/h2-7H,13H2,1H3,(H2,14,15,16)/b17-6+. The molecule has 0 unspecified atom stereocenters. The molecule has 0 aliphatic heterocycles. The predicted octanol–water partition coefficient (Wildman–Crippen LogP) is 1.41. The van der Waals surface area contributed by atoms with Crippen molar-refractivity contribution < 1.29 is 9.57 Å². The summed E-state index contributed by atoms with van der Waals surface area (Å²) in [7, 11) is 1.43. The smallest absolute Gasteiger partial charge is 0.233 e. The minimum Gasteiger partial charge on any atom is -0.438 e. The maximum absolute atomic E-state index is 5.74. The number of benzene rings is 1. The molecule has 2 aromatic rings. The Morgan fingerprint density at radius 3 is 2.58 bits per heavy atom. The number of aromatic nitrogens is 2. The fraction of sp³-hybridized carbons (Fsp3) is 0.0833. The van der Waals surface area contributed by atoms with Crippen LogP contribution in [-0.4, -0.2) is 23.3 Å². The van der Waals surface area contributed by atoms with E-state index in [1.807, 2.05) is 0 Å². The molecule has 1 aromatic carbocycles. The van der Waals surface area contributed by atoms with Crippen LogP contribution in [-0.2, 0) is 4.84 Å². The van der Waals surface area contributed by atoms with Crippen molar-refractivity contribution >= 4 is 17.7 Å². The average Bonchev–Trinajstić information content (AvgIpc) is 2.41. The van der Waals surface area contributed by atoms with E-state index in [0.717, 1.165) is 0 Å². The van der Waals surface area contributed by atoms with Gasteiger partial charge in [-0.2, -0.15) is 0 Å². The molecule has 7 nitrogen and oxygen atoms in total. The first-order chi connectivity index (χ1) is 9.20. The van der Waals surface area contributed by atoms with Gasteiger partial charge >= 0.3 is 0 Å². The van der Waals surface area contributed by atoms with Crippen LogP contribution < -0.4 is 16.2 Å². The number of hydrogen-bond acceptors (Lipinski definition) is 7. The van der Waals surface area contributed by atoms with Gasteiger partial charge in [-0.15, -0.1) is 0 Å². The number of ether oxygens (including phenoxy) is 1. The van der Waals surface area contributed by atoms with Crippen LogP contribution in [0.1, 0.15) is 5.56 Å². The second kappa shape index (κ2) is 5.67. The van der Waals surface area contributed by atoms with E-state index in [4.69, 9.17) is 16.2 Å². The molecular weight excluding hydrogens is 246 g/mol. The minimum atomic E-state index is 0.251. The Bertz CT molecular complexity index is 583. The molecule has 7 heteroatoms.